The van der Waals surface area contributed by atoms with E-state index in [1.165, 1.54) is 0 Å². The number of hydrogen-bond acceptors (Lipinski definition) is 3. The molecule has 2 heterocycles. The summed E-state index contributed by atoms with van der Waals surface area (Å²) in [5, 5.41) is 2.80. The lowest BCUT2D eigenvalue weighted by Crippen LogP contribution is -2.32. The topological polar surface area (TPSA) is 31.4 Å². The Balaban J connectivity index is 2.06. The molecule has 0 bridgehead atoms. The van der Waals surface area contributed by atoms with Gasteiger partial charge >= 0.3 is 0 Å². The van der Waals surface area contributed by atoms with Crippen molar-refractivity contribution in [2.24, 2.45) is 0 Å². The van der Waals surface area contributed by atoms with Crippen LogP contribution in [0.3, 0.4) is 0 Å². The normalized spacial score (nSPS) is 17.0. The highest BCUT2D eigenvalue weighted by molar-refractivity contribution is 6.83. The molecule has 0 spiro atoms. The highest BCUT2D eigenvalue weighted by Crippen LogP contribution is 2.43. The third-order valence-electron chi connectivity index (χ3n) is 4.72. The predicted octanol–water partition coefficient (Wildman–Crippen LogP) is 6.20. The molecule has 2 aromatic carbocycles. The molecule has 27 heavy (non-hydrogen) atoms. The highest BCUT2D eigenvalue weighted by Gasteiger charge is 2.36. The summed E-state index contributed by atoms with van der Waals surface area (Å²) < 4.78 is 12.1. The van der Waals surface area contributed by atoms with Crippen molar-refractivity contribution in [3.8, 4) is 0 Å². The van der Waals surface area contributed by atoms with Gasteiger partial charge in [0.25, 0.3) is 0 Å². The zero-order valence-electron chi connectivity index (χ0n) is 15.9. The molecule has 5 heteroatoms. The van der Waals surface area contributed by atoms with Gasteiger partial charge in [-0.15, -0.1) is 0 Å². The fourth-order valence-corrected chi connectivity index (χ4v) is 5.06. The number of aromatic nitrogens is 1. The van der Waals surface area contributed by atoms with Crippen LogP contribution >= 0.6 is 11.6 Å². The van der Waals surface area contributed by atoms with Gasteiger partial charge < -0.3 is 9.47 Å². The molecule has 1 aliphatic heterocycles. The van der Waals surface area contributed by atoms with Gasteiger partial charge in [-0.3, -0.25) is 0 Å². The lowest BCUT2D eigenvalue weighted by Gasteiger charge is -2.34. The Labute approximate surface area is 165 Å². The van der Waals surface area contributed by atoms with Gasteiger partial charge in [0.05, 0.1) is 16.6 Å². The lowest BCUT2D eigenvalue weighted by atomic mass is 9.96. The average Bonchev–Trinajstić information content (AvgIpc) is 2.65. The summed E-state index contributed by atoms with van der Waals surface area (Å²) in [5.41, 5.74) is 4.99. The van der Waals surface area contributed by atoms with Crippen LogP contribution < -0.4 is 0 Å². The molecule has 0 radical (unpaired) electrons. The van der Waals surface area contributed by atoms with Crippen molar-refractivity contribution in [3.05, 3.63) is 81.8 Å². The molecule has 1 aliphatic rings. The molecule has 138 valence electrons. The second-order valence-electron chi connectivity index (χ2n) is 7.77. The van der Waals surface area contributed by atoms with E-state index in [4.69, 9.17) is 26.1 Å². The Morgan fingerprint density at radius 1 is 1.04 bits per heavy atom. The second kappa shape index (κ2) is 6.79. The largest absolute Gasteiger partial charge is 0.469 e. The molecule has 1 atom stereocenters. The number of methoxy groups -OCH3 is 1. The van der Waals surface area contributed by atoms with Crippen LogP contribution in [0.4, 0.5) is 0 Å². The minimum absolute atomic E-state index is 0.449. The van der Waals surface area contributed by atoms with Gasteiger partial charge in [0.1, 0.15) is 8.07 Å². The monoisotopic (exact) mass is 395 g/mol. The molecule has 3 aromatic rings. The molecule has 0 fully saturated rings. The summed E-state index contributed by atoms with van der Waals surface area (Å²) >= 11 is 6.13. The Morgan fingerprint density at radius 2 is 1.74 bits per heavy atom. The number of hydrogen-bond donors (Lipinski definition) is 0. The Bertz CT molecular complexity index is 1040. The average molecular weight is 396 g/mol. The van der Waals surface area contributed by atoms with Crippen LogP contribution in [-0.2, 0) is 9.47 Å². The summed E-state index contributed by atoms with van der Waals surface area (Å²) in [6.07, 6.45) is -0.449. The molecular weight excluding hydrogens is 374 g/mol. The standard InChI is InChI=1S/C22H22ClNO2Si/c1-25-21-17-13-15-7-5-6-8-18(15)24-20(17)19(22(26-21)27(2,3)4)14-9-11-16(23)12-10-14/h5-13,21H,1-4H3. The van der Waals surface area contributed by atoms with E-state index in [1.54, 1.807) is 7.11 Å². The van der Waals surface area contributed by atoms with E-state index in [1.807, 2.05) is 42.5 Å². The number of rotatable bonds is 3. The predicted molar refractivity (Wildman–Crippen MR) is 113 cm³/mol. The minimum atomic E-state index is -1.81. The number of benzene rings is 2. The van der Waals surface area contributed by atoms with E-state index < -0.39 is 14.4 Å². The molecule has 0 amide bonds. The van der Waals surface area contributed by atoms with Crippen molar-refractivity contribution >= 4 is 36.2 Å². The zero-order chi connectivity index (χ0) is 19.2. The van der Waals surface area contributed by atoms with Gasteiger partial charge in [-0.25, -0.2) is 4.98 Å². The van der Waals surface area contributed by atoms with E-state index in [9.17, 15) is 0 Å². The van der Waals surface area contributed by atoms with Crippen LogP contribution in [0.15, 0.2) is 60.0 Å². The van der Waals surface area contributed by atoms with Gasteiger partial charge in [-0.2, -0.15) is 0 Å². The SMILES string of the molecule is COC1OC([Si](C)(C)C)=C(c2ccc(Cl)cc2)c2nc3ccccc3cc21. The number of fused-ring (bicyclic) bond motifs is 2. The van der Waals surface area contributed by atoms with Crippen molar-refractivity contribution in [1.29, 1.82) is 0 Å². The zero-order valence-corrected chi connectivity index (χ0v) is 17.7. The molecule has 3 nitrogen and oxygen atoms in total. The third kappa shape index (κ3) is 3.29. The molecule has 0 saturated carbocycles. The first-order valence-corrected chi connectivity index (χ1v) is 12.9. The van der Waals surface area contributed by atoms with Gasteiger partial charge in [0.2, 0.25) is 6.29 Å². The number of para-hydroxylation sites is 1. The van der Waals surface area contributed by atoms with Crippen LogP contribution in [0.2, 0.25) is 24.7 Å². The maximum atomic E-state index is 6.42. The van der Waals surface area contributed by atoms with Crippen molar-refractivity contribution in [2.45, 2.75) is 25.9 Å². The van der Waals surface area contributed by atoms with E-state index >= 15 is 0 Å². The summed E-state index contributed by atoms with van der Waals surface area (Å²) in [5.74, 6) is 0. The number of ether oxygens (including phenoxy) is 2. The molecule has 0 aliphatic carbocycles. The van der Waals surface area contributed by atoms with Gasteiger partial charge in [0.15, 0.2) is 0 Å². The lowest BCUT2D eigenvalue weighted by molar-refractivity contribution is -0.0938. The molecule has 0 N–H and O–H groups in total. The first-order valence-electron chi connectivity index (χ1n) is 8.98. The van der Waals surface area contributed by atoms with Gasteiger partial charge in [0, 0.05) is 28.7 Å². The summed E-state index contributed by atoms with van der Waals surface area (Å²) in [7, 11) is -0.126. The Kier molecular flexibility index (Phi) is 4.58. The quantitative estimate of drug-likeness (QED) is 0.494. The van der Waals surface area contributed by atoms with Crippen LogP contribution in [0.25, 0.3) is 16.5 Å². The fourth-order valence-electron chi connectivity index (χ4n) is 3.46. The Hall–Kier alpha value is -2.14. The second-order valence-corrected chi connectivity index (χ2v) is 13.2. The third-order valence-corrected chi connectivity index (χ3v) is 6.71. The smallest absolute Gasteiger partial charge is 0.227 e. The van der Waals surface area contributed by atoms with Crippen LogP contribution in [-0.4, -0.2) is 20.2 Å². The first-order chi connectivity index (χ1) is 12.9. The van der Waals surface area contributed by atoms with Crippen molar-refractivity contribution in [2.75, 3.05) is 7.11 Å². The van der Waals surface area contributed by atoms with E-state index in [0.717, 1.165) is 38.7 Å². The minimum Gasteiger partial charge on any atom is -0.469 e. The van der Waals surface area contributed by atoms with Crippen molar-refractivity contribution in [1.82, 2.24) is 4.98 Å². The molecular formula is C22H22ClNO2Si. The summed E-state index contributed by atoms with van der Waals surface area (Å²) in [6.45, 7) is 6.82. The highest BCUT2D eigenvalue weighted by atomic mass is 35.5. The fraction of sp³-hybridized carbons (Fsp3) is 0.227. The van der Waals surface area contributed by atoms with Gasteiger partial charge in [-0.05, 0) is 29.8 Å². The van der Waals surface area contributed by atoms with E-state index in [-0.39, 0.29) is 0 Å². The maximum Gasteiger partial charge on any atom is 0.227 e. The maximum absolute atomic E-state index is 6.42. The summed E-state index contributed by atoms with van der Waals surface area (Å²) in [4.78, 5) is 5.03. The summed E-state index contributed by atoms with van der Waals surface area (Å²) in [6, 6.07) is 18.2. The van der Waals surface area contributed by atoms with Gasteiger partial charge in [-0.1, -0.05) is 61.6 Å². The van der Waals surface area contributed by atoms with Crippen molar-refractivity contribution < 1.29 is 9.47 Å². The van der Waals surface area contributed by atoms with Crippen LogP contribution in [0.5, 0.6) is 0 Å². The van der Waals surface area contributed by atoms with Crippen LogP contribution in [0, 0.1) is 0 Å². The molecule has 0 saturated heterocycles. The van der Waals surface area contributed by atoms with Crippen LogP contribution in [0.1, 0.15) is 23.1 Å². The number of nitrogens with zero attached hydrogens (tertiary/aromatic N) is 1. The number of pyridine rings is 1. The first kappa shape index (κ1) is 18.2. The molecule has 1 aromatic heterocycles. The Morgan fingerprint density at radius 3 is 2.41 bits per heavy atom. The molecule has 1 unspecified atom stereocenters. The van der Waals surface area contributed by atoms with E-state index in [0.29, 0.717) is 5.02 Å². The van der Waals surface area contributed by atoms with Crippen molar-refractivity contribution in [3.63, 3.8) is 0 Å². The number of halogens is 1. The molecule has 4 rings (SSSR count). The van der Waals surface area contributed by atoms with E-state index in [2.05, 4.69) is 31.8 Å².